The Kier molecular flexibility index (Phi) is 3.63. The van der Waals surface area contributed by atoms with Crippen LogP contribution < -0.4 is 0 Å². The highest BCUT2D eigenvalue weighted by Gasteiger charge is 2.42. The summed E-state index contributed by atoms with van der Waals surface area (Å²) < 4.78 is 6.10. The second kappa shape index (κ2) is 5.08. The van der Waals surface area contributed by atoms with Crippen LogP contribution >= 0.6 is 0 Å². The van der Waals surface area contributed by atoms with E-state index in [0.717, 1.165) is 19.4 Å². The molecule has 1 saturated carbocycles. The van der Waals surface area contributed by atoms with E-state index in [2.05, 4.69) is 4.90 Å². The number of hydrogen-bond donors (Lipinski definition) is 2. The van der Waals surface area contributed by atoms with Gasteiger partial charge in [0, 0.05) is 25.7 Å². The normalized spacial score (nSPS) is 41.3. The van der Waals surface area contributed by atoms with Gasteiger partial charge >= 0.3 is 0 Å². The number of ether oxygens (including phenoxy) is 1. The zero-order valence-electron chi connectivity index (χ0n) is 11.1. The van der Waals surface area contributed by atoms with Gasteiger partial charge < -0.3 is 14.9 Å². The average Bonchev–Trinajstić information content (AvgIpc) is 2.71. The monoisotopic (exact) mass is 255 g/mol. The molecule has 3 aliphatic rings. The van der Waals surface area contributed by atoms with Crippen LogP contribution in [0.1, 0.15) is 44.9 Å². The number of aliphatic hydroxyl groups excluding tert-OH is 2. The van der Waals surface area contributed by atoms with Gasteiger partial charge in [-0.1, -0.05) is 19.3 Å². The molecule has 2 saturated heterocycles. The van der Waals surface area contributed by atoms with E-state index in [1.807, 2.05) is 0 Å². The quantitative estimate of drug-likeness (QED) is 0.731. The average molecular weight is 255 g/mol. The van der Waals surface area contributed by atoms with Crippen molar-refractivity contribution < 1.29 is 14.9 Å². The van der Waals surface area contributed by atoms with Crippen molar-refractivity contribution in [2.75, 3.05) is 19.7 Å². The molecule has 1 unspecified atom stereocenters. The van der Waals surface area contributed by atoms with Gasteiger partial charge in [-0.05, 0) is 25.7 Å². The largest absolute Gasteiger partial charge is 0.389 e. The number of aliphatic hydroxyl groups is 2. The first-order valence-corrected chi connectivity index (χ1v) is 7.43. The standard InChI is InChI=1S/C14H25NO3/c16-12-9-15(10-13(12)17)11-4-7-18-14(8-11)5-2-1-3-6-14/h11-13,16-17H,1-10H2/t11?,12-,13+. The van der Waals surface area contributed by atoms with Crippen molar-refractivity contribution in [3.05, 3.63) is 0 Å². The van der Waals surface area contributed by atoms with Crippen molar-refractivity contribution in [1.82, 2.24) is 4.90 Å². The minimum atomic E-state index is -0.560. The van der Waals surface area contributed by atoms with Gasteiger partial charge in [-0.25, -0.2) is 0 Å². The van der Waals surface area contributed by atoms with Gasteiger partial charge in [0.05, 0.1) is 17.8 Å². The molecule has 0 bridgehead atoms. The number of rotatable bonds is 1. The van der Waals surface area contributed by atoms with E-state index in [1.165, 1.54) is 32.1 Å². The van der Waals surface area contributed by atoms with Gasteiger partial charge in [0.15, 0.2) is 0 Å². The molecule has 4 nitrogen and oxygen atoms in total. The van der Waals surface area contributed by atoms with Gasteiger partial charge in [0.1, 0.15) is 0 Å². The maximum absolute atomic E-state index is 9.68. The maximum Gasteiger partial charge on any atom is 0.0938 e. The lowest BCUT2D eigenvalue weighted by atomic mass is 9.78. The molecule has 3 fully saturated rings. The molecule has 0 aromatic rings. The first kappa shape index (κ1) is 12.9. The van der Waals surface area contributed by atoms with E-state index in [1.54, 1.807) is 0 Å². The fourth-order valence-electron chi connectivity index (χ4n) is 3.95. The third-order valence-corrected chi connectivity index (χ3v) is 5.04. The molecule has 2 aliphatic heterocycles. The molecule has 2 N–H and O–H groups in total. The van der Waals surface area contributed by atoms with Gasteiger partial charge in [-0.2, -0.15) is 0 Å². The van der Waals surface area contributed by atoms with Crippen molar-refractivity contribution in [2.45, 2.75) is 68.8 Å². The van der Waals surface area contributed by atoms with Gasteiger partial charge in [0.2, 0.25) is 0 Å². The molecule has 1 spiro atoms. The Morgan fingerprint density at radius 3 is 2.33 bits per heavy atom. The topological polar surface area (TPSA) is 52.9 Å². The summed E-state index contributed by atoms with van der Waals surface area (Å²) in [5.74, 6) is 0. The van der Waals surface area contributed by atoms with Crippen molar-refractivity contribution in [3.8, 4) is 0 Å². The first-order chi connectivity index (χ1) is 8.69. The van der Waals surface area contributed by atoms with E-state index in [9.17, 15) is 10.2 Å². The fourth-order valence-corrected chi connectivity index (χ4v) is 3.95. The molecular formula is C14H25NO3. The third-order valence-electron chi connectivity index (χ3n) is 5.04. The number of β-amino-alcohol motifs (C(OH)–C–C–N with tert-alkyl or cyclic N) is 2. The predicted octanol–water partition coefficient (Wildman–Crippen LogP) is 0.906. The van der Waals surface area contributed by atoms with Gasteiger partial charge in [-0.15, -0.1) is 0 Å². The van der Waals surface area contributed by atoms with E-state index >= 15 is 0 Å². The minimum Gasteiger partial charge on any atom is -0.389 e. The zero-order chi connectivity index (χ0) is 12.6. The minimum absolute atomic E-state index is 0.111. The van der Waals surface area contributed by atoms with Crippen LogP contribution in [0.2, 0.25) is 0 Å². The molecule has 0 radical (unpaired) electrons. The molecule has 3 atom stereocenters. The van der Waals surface area contributed by atoms with E-state index < -0.39 is 12.2 Å². The van der Waals surface area contributed by atoms with Crippen molar-refractivity contribution in [2.24, 2.45) is 0 Å². The van der Waals surface area contributed by atoms with Crippen LogP contribution in [0.3, 0.4) is 0 Å². The van der Waals surface area contributed by atoms with E-state index in [-0.39, 0.29) is 5.60 Å². The summed E-state index contributed by atoms with van der Waals surface area (Å²) in [4.78, 5) is 2.27. The SMILES string of the molecule is O[C@@H]1CN(C2CCOC3(CCCCC3)C2)C[C@@H]1O. The summed E-state index contributed by atoms with van der Waals surface area (Å²) in [7, 11) is 0. The molecule has 0 aromatic heterocycles. The summed E-state index contributed by atoms with van der Waals surface area (Å²) in [6.45, 7) is 2.09. The summed E-state index contributed by atoms with van der Waals surface area (Å²) in [6.07, 6.45) is 7.33. The molecular weight excluding hydrogens is 230 g/mol. The highest BCUT2D eigenvalue weighted by Crippen LogP contribution is 2.40. The molecule has 2 heterocycles. The fraction of sp³-hybridized carbons (Fsp3) is 1.00. The molecule has 3 rings (SSSR count). The van der Waals surface area contributed by atoms with Gasteiger partial charge in [-0.3, -0.25) is 4.90 Å². The maximum atomic E-state index is 9.68. The molecule has 4 heteroatoms. The number of likely N-dealkylation sites (tertiary alicyclic amines) is 1. The van der Waals surface area contributed by atoms with Crippen LogP contribution in [-0.4, -0.2) is 58.7 Å². The van der Waals surface area contributed by atoms with Crippen molar-refractivity contribution in [1.29, 1.82) is 0 Å². The summed E-state index contributed by atoms with van der Waals surface area (Å²) >= 11 is 0. The smallest absolute Gasteiger partial charge is 0.0938 e. The number of hydrogen-bond acceptors (Lipinski definition) is 4. The summed E-state index contributed by atoms with van der Waals surface area (Å²) in [5, 5.41) is 19.4. The molecule has 18 heavy (non-hydrogen) atoms. The Morgan fingerprint density at radius 2 is 1.67 bits per heavy atom. The van der Waals surface area contributed by atoms with Crippen LogP contribution in [-0.2, 0) is 4.74 Å². The van der Waals surface area contributed by atoms with Gasteiger partial charge in [0.25, 0.3) is 0 Å². The second-order valence-electron chi connectivity index (χ2n) is 6.33. The molecule has 0 amide bonds. The molecule has 0 aromatic carbocycles. The van der Waals surface area contributed by atoms with E-state index in [4.69, 9.17) is 4.74 Å². The molecule has 1 aliphatic carbocycles. The Balaban J connectivity index is 1.63. The Morgan fingerprint density at radius 1 is 1.00 bits per heavy atom. The summed E-state index contributed by atoms with van der Waals surface area (Å²) in [6, 6.07) is 0.489. The van der Waals surface area contributed by atoms with Crippen LogP contribution in [0, 0.1) is 0 Å². The number of nitrogens with zero attached hydrogens (tertiary/aromatic N) is 1. The van der Waals surface area contributed by atoms with Crippen LogP contribution in [0.5, 0.6) is 0 Å². The van der Waals surface area contributed by atoms with Crippen molar-refractivity contribution >= 4 is 0 Å². The Hall–Kier alpha value is -0.160. The Labute approximate surface area is 109 Å². The van der Waals surface area contributed by atoms with Crippen LogP contribution in [0.4, 0.5) is 0 Å². The van der Waals surface area contributed by atoms with Crippen LogP contribution in [0.15, 0.2) is 0 Å². The highest BCUT2D eigenvalue weighted by molar-refractivity contribution is 4.96. The van der Waals surface area contributed by atoms with Crippen molar-refractivity contribution in [3.63, 3.8) is 0 Å². The zero-order valence-corrected chi connectivity index (χ0v) is 11.1. The summed E-state index contributed by atoms with van der Waals surface area (Å²) in [5.41, 5.74) is 0.111. The third kappa shape index (κ3) is 2.44. The molecule has 104 valence electrons. The lowest BCUT2D eigenvalue weighted by Gasteiger charge is -2.45. The predicted molar refractivity (Wildman–Crippen MR) is 68.4 cm³/mol. The highest BCUT2D eigenvalue weighted by atomic mass is 16.5. The first-order valence-electron chi connectivity index (χ1n) is 7.43. The second-order valence-corrected chi connectivity index (χ2v) is 6.33. The van der Waals surface area contributed by atoms with E-state index in [0.29, 0.717) is 19.1 Å². The Bertz CT molecular complexity index is 275. The van der Waals surface area contributed by atoms with Crippen LogP contribution in [0.25, 0.3) is 0 Å². The lowest BCUT2D eigenvalue weighted by Crippen LogP contribution is -2.49. The lowest BCUT2D eigenvalue weighted by molar-refractivity contribution is -0.123.